The van der Waals surface area contributed by atoms with Gasteiger partial charge in [0.05, 0.1) is 5.75 Å². The highest BCUT2D eigenvalue weighted by molar-refractivity contribution is 7.92. The van der Waals surface area contributed by atoms with Crippen molar-refractivity contribution < 1.29 is 13.2 Å². The van der Waals surface area contributed by atoms with E-state index in [0.29, 0.717) is 12.1 Å². The number of carbonyl (C=O) groups excluding carboxylic acids is 1. The van der Waals surface area contributed by atoms with Gasteiger partial charge in [0, 0.05) is 17.3 Å². The standard InChI is InChI=1S/C14H21N3O3S/c15-14(18)11-4-3-6-13(10-11)17-21(19,20)9-7-12-5-1-2-8-16-12/h3-4,6,10,12,16-17H,1-2,5,7-9H2,(H2,15,18). The Morgan fingerprint density at radius 1 is 1.38 bits per heavy atom. The summed E-state index contributed by atoms with van der Waals surface area (Å²) in [4.78, 5) is 11.1. The van der Waals surface area contributed by atoms with Crippen LogP contribution in [0.15, 0.2) is 24.3 Å². The number of hydrogen-bond donors (Lipinski definition) is 3. The molecule has 21 heavy (non-hydrogen) atoms. The third-order valence-corrected chi connectivity index (χ3v) is 4.89. The third-order valence-electron chi connectivity index (χ3n) is 3.57. The zero-order valence-corrected chi connectivity index (χ0v) is 12.7. The molecule has 1 saturated heterocycles. The van der Waals surface area contributed by atoms with E-state index in [2.05, 4.69) is 10.0 Å². The van der Waals surface area contributed by atoms with Crippen LogP contribution in [0, 0.1) is 0 Å². The smallest absolute Gasteiger partial charge is 0.248 e. The lowest BCUT2D eigenvalue weighted by molar-refractivity contribution is 0.100. The maximum absolute atomic E-state index is 12.1. The predicted octanol–water partition coefficient (Wildman–Crippen LogP) is 1.06. The third kappa shape index (κ3) is 5.02. The van der Waals surface area contributed by atoms with E-state index in [-0.39, 0.29) is 17.4 Å². The monoisotopic (exact) mass is 311 g/mol. The van der Waals surface area contributed by atoms with Crippen molar-refractivity contribution in [3.05, 3.63) is 29.8 Å². The van der Waals surface area contributed by atoms with Crippen molar-refractivity contribution in [1.82, 2.24) is 5.32 Å². The first-order valence-electron chi connectivity index (χ1n) is 7.10. The van der Waals surface area contributed by atoms with E-state index in [1.54, 1.807) is 18.2 Å². The first-order chi connectivity index (χ1) is 9.96. The van der Waals surface area contributed by atoms with E-state index in [9.17, 15) is 13.2 Å². The molecule has 1 aromatic carbocycles. The highest BCUT2D eigenvalue weighted by Gasteiger charge is 2.17. The fourth-order valence-electron chi connectivity index (χ4n) is 2.43. The second-order valence-corrected chi connectivity index (χ2v) is 7.14. The molecule has 1 aliphatic heterocycles. The molecular formula is C14H21N3O3S. The van der Waals surface area contributed by atoms with Gasteiger partial charge < -0.3 is 11.1 Å². The van der Waals surface area contributed by atoms with E-state index in [1.165, 1.54) is 6.07 Å². The van der Waals surface area contributed by atoms with Crippen LogP contribution in [0.2, 0.25) is 0 Å². The molecule has 0 aliphatic carbocycles. The number of sulfonamides is 1. The summed E-state index contributed by atoms with van der Waals surface area (Å²) in [5.74, 6) is -0.520. The fraction of sp³-hybridized carbons (Fsp3) is 0.500. The van der Waals surface area contributed by atoms with E-state index < -0.39 is 15.9 Å². The number of benzene rings is 1. The van der Waals surface area contributed by atoms with Crippen LogP contribution in [0.3, 0.4) is 0 Å². The number of anilines is 1. The van der Waals surface area contributed by atoms with Crippen LogP contribution in [0.4, 0.5) is 5.69 Å². The van der Waals surface area contributed by atoms with Crippen LogP contribution >= 0.6 is 0 Å². The summed E-state index contributed by atoms with van der Waals surface area (Å²) in [7, 11) is -3.42. The molecule has 1 atom stereocenters. The first-order valence-corrected chi connectivity index (χ1v) is 8.75. The highest BCUT2D eigenvalue weighted by Crippen LogP contribution is 2.15. The van der Waals surface area contributed by atoms with E-state index in [1.807, 2.05) is 0 Å². The molecule has 4 N–H and O–H groups in total. The van der Waals surface area contributed by atoms with Crippen LogP contribution in [0.1, 0.15) is 36.0 Å². The average molecular weight is 311 g/mol. The minimum absolute atomic E-state index is 0.0610. The second kappa shape index (κ2) is 6.91. The van der Waals surface area contributed by atoms with Gasteiger partial charge in [0.15, 0.2) is 0 Å². The number of amides is 1. The molecule has 1 heterocycles. The van der Waals surface area contributed by atoms with Gasteiger partial charge in [-0.25, -0.2) is 8.42 Å². The van der Waals surface area contributed by atoms with Crippen molar-refractivity contribution in [1.29, 1.82) is 0 Å². The van der Waals surface area contributed by atoms with Crippen LogP contribution < -0.4 is 15.8 Å². The molecule has 1 amide bonds. The zero-order chi connectivity index (χ0) is 15.3. The molecule has 7 heteroatoms. The van der Waals surface area contributed by atoms with Crippen molar-refractivity contribution >= 4 is 21.6 Å². The van der Waals surface area contributed by atoms with E-state index >= 15 is 0 Å². The molecule has 1 fully saturated rings. The molecule has 0 bridgehead atoms. The van der Waals surface area contributed by atoms with Gasteiger partial charge in [-0.15, -0.1) is 0 Å². The number of nitrogens with two attached hydrogens (primary N) is 1. The molecule has 1 aliphatic rings. The van der Waals surface area contributed by atoms with Crippen LogP contribution in [0.25, 0.3) is 0 Å². The number of hydrogen-bond acceptors (Lipinski definition) is 4. The average Bonchev–Trinajstić information content (AvgIpc) is 2.46. The van der Waals surface area contributed by atoms with Crippen molar-refractivity contribution in [2.24, 2.45) is 5.73 Å². The summed E-state index contributed by atoms with van der Waals surface area (Å²) in [6, 6.07) is 6.46. The zero-order valence-electron chi connectivity index (χ0n) is 11.8. The molecule has 1 aromatic rings. The van der Waals surface area contributed by atoms with Crippen LogP contribution in [-0.4, -0.2) is 32.7 Å². The summed E-state index contributed by atoms with van der Waals surface area (Å²) in [5, 5.41) is 3.33. The molecule has 1 unspecified atom stereocenters. The molecule has 0 saturated carbocycles. The van der Waals surface area contributed by atoms with Gasteiger partial charge in [-0.2, -0.15) is 0 Å². The Labute approximate surface area is 125 Å². The Morgan fingerprint density at radius 2 is 2.19 bits per heavy atom. The number of nitrogens with one attached hydrogen (secondary N) is 2. The summed E-state index contributed by atoms with van der Waals surface area (Å²) >= 11 is 0. The lowest BCUT2D eigenvalue weighted by Gasteiger charge is -2.23. The van der Waals surface area contributed by atoms with Gasteiger partial charge in [-0.1, -0.05) is 12.5 Å². The van der Waals surface area contributed by atoms with Crippen LogP contribution in [-0.2, 0) is 10.0 Å². The molecule has 116 valence electrons. The highest BCUT2D eigenvalue weighted by atomic mass is 32.2. The first kappa shape index (κ1) is 15.8. The van der Waals surface area contributed by atoms with Crippen molar-refractivity contribution in [2.45, 2.75) is 31.7 Å². The maximum atomic E-state index is 12.1. The topological polar surface area (TPSA) is 101 Å². The SMILES string of the molecule is NC(=O)c1cccc(NS(=O)(=O)CCC2CCCCN2)c1. The molecule has 2 rings (SSSR count). The quantitative estimate of drug-likeness (QED) is 0.731. The van der Waals surface area contributed by atoms with Gasteiger partial charge in [0.25, 0.3) is 0 Å². The van der Waals surface area contributed by atoms with Crippen LogP contribution in [0.5, 0.6) is 0 Å². The predicted molar refractivity (Wildman–Crippen MR) is 82.6 cm³/mol. The summed E-state index contributed by atoms with van der Waals surface area (Å²) in [5.41, 5.74) is 5.82. The minimum atomic E-state index is -3.42. The molecule has 0 radical (unpaired) electrons. The van der Waals surface area contributed by atoms with Crippen molar-refractivity contribution in [2.75, 3.05) is 17.0 Å². The Morgan fingerprint density at radius 3 is 2.86 bits per heavy atom. The largest absolute Gasteiger partial charge is 0.366 e. The molecule has 0 spiro atoms. The maximum Gasteiger partial charge on any atom is 0.248 e. The molecule has 6 nitrogen and oxygen atoms in total. The van der Waals surface area contributed by atoms with E-state index in [0.717, 1.165) is 25.8 Å². The molecular weight excluding hydrogens is 290 g/mol. The number of rotatable bonds is 6. The number of primary amides is 1. The summed E-state index contributed by atoms with van der Waals surface area (Å²) in [6.45, 7) is 0.957. The van der Waals surface area contributed by atoms with Gasteiger partial charge in [-0.3, -0.25) is 9.52 Å². The van der Waals surface area contributed by atoms with Crippen molar-refractivity contribution in [3.8, 4) is 0 Å². The Hall–Kier alpha value is -1.60. The van der Waals surface area contributed by atoms with Crippen molar-refractivity contribution in [3.63, 3.8) is 0 Å². The van der Waals surface area contributed by atoms with Gasteiger partial charge in [0.1, 0.15) is 0 Å². The Balaban J connectivity index is 1.93. The summed E-state index contributed by atoms with van der Waals surface area (Å²) in [6.07, 6.45) is 3.91. The molecule has 0 aromatic heterocycles. The lowest BCUT2D eigenvalue weighted by atomic mass is 10.0. The van der Waals surface area contributed by atoms with Gasteiger partial charge in [0.2, 0.25) is 15.9 Å². The summed E-state index contributed by atoms with van der Waals surface area (Å²) < 4.78 is 26.6. The Bertz CT molecular complexity index is 595. The number of piperidine rings is 1. The second-order valence-electron chi connectivity index (χ2n) is 5.30. The lowest BCUT2D eigenvalue weighted by Crippen LogP contribution is -2.36. The Kier molecular flexibility index (Phi) is 5.19. The normalized spacial score (nSPS) is 19.1. The fourth-order valence-corrected chi connectivity index (χ4v) is 3.62. The minimum Gasteiger partial charge on any atom is -0.366 e. The van der Waals surface area contributed by atoms with Gasteiger partial charge in [-0.05, 0) is 44.0 Å². The number of carbonyl (C=O) groups is 1. The van der Waals surface area contributed by atoms with E-state index in [4.69, 9.17) is 5.73 Å². The van der Waals surface area contributed by atoms with Gasteiger partial charge >= 0.3 is 0 Å².